The van der Waals surface area contributed by atoms with Crippen LogP contribution in [-0.4, -0.2) is 9.97 Å². The Kier molecular flexibility index (Phi) is 3.54. The summed E-state index contributed by atoms with van der Waals surface area (Å²) in [6.45, 7) is 0. The molecule has 0 amide bonds. The van der Waals surface area contributed by atoms with Crippen LogP contribution in [0, 0.1) is 11.6 Å². The topological polar surface area (TPSA) is 25.8 Å². The first-order chi connectivity index (χ1) is 8.08. The Morgan fingerprint density at radius 1 is 1.06 bits per heavy atom. The van der Waals surface area contributed by atoms with Crippen molar-refractivity contribution in [1.29, 1.82) is 0 Å². The second kappa shape index (κ2) is 4.94. The van der Waals surface area contributed by atoms with Crippen LogP contribution in [0.1, 0.15) is 11.1 Å². The maximum absolute atomic E-state index is 13.4. The van der Waals surface area contributed by atoms with Crippen molar-refractivity contribution in [2.45, 2.75) is 6.42 Å². The van der Waals surface area contributed by atoms with E-state index in [2.05, 4.69) is 9.97 Å². The number of benzene rings is 1. The van der Waals surface area contributed by atoms with E-state index in [-0.39, 0.29) is 22.3 Å². The van der Waals surface area contributed by atoms with E-state index in [0.717, 1.165) is 18.2 Å². The van der Waals surface area contributed by atoms with E-state index in [1.807, 2.05) is 0 Å². The highest BCUT2D eigenvalue weighted by atomic mass is 35.5. The van der Waals surface area contributed by atoms with Crippen LogP contribution in [0.3, 0.4) is 0 Å². The van der Waals surface area contributed by atoms with Crippen LogP contribution in [0.15, 0.2) is 24.5 Å². The number of nitrogens with zero attached hydrogens (tertiary/aromatic N) is 2. The monoisotopic (exact) mass is 274 g/mol. The minimum Gasteiger partial charge on any atom is -0.224 e. The fraction of sp³-hybridized carbons (Fsp3) is 0.0909. The van der Waals surface area contributed by atoms with Crippen LogP contribution in [0.2, 0.25) is 10.3 Å². The molecule has 0 aliphatic heterocycles. The second-order valence-corrected chi connectivity index (χ2v) is 4.06. The molecule has 1 aromatic heterocycles. The summed E-state index contributed by atoms with van der Waals surface area (Å²) in [6.07, 6.45) is 1.25. The summed E-state index contributed by atoms with van der Waals surface area (Å²) in [6, 6.07) is 3.19. The molecular weight excluding hydrogens is 269 g/mol. The highest BCUT2D eigenvalue weighted by Crippen LogP contribution is 2.24. The Labute approximate surface area is 106 Å². The summed E-state index contributed by atoms with van der Waals surface area (Å²) >= 11 is 11.6. The minimum absolute atomic E-state index is 0.0437. The van der Waals surface area contributed by atoms with Gasteiger partial charge >= 0.3 is 0 Å². The third-order valence-electron chi connectivity index (χ3n) is 2.22. The number of halogens is 4. The van der Waals surface area contributed by atoms with Gasteiger partial charge in [0.1, 0.15) is 28.3 Å². The van der Waals surface area contributed by atoms with Crippen LogP contribution in [0.4, 0.5) is 8.78 Å². The molecular formula is C11H6Cl2F2N2. The Morgan fingerprint density at radius 3 is 2.35 bits per heavy atom. The van der Waals surface area contributed by atoms with E-state index in [9.17, 15) is 8.78 Å². The average molecular weight is 275 g/mol. The predicted molar refractivity (Wildman–Crippen MR) is 61.2 cm³/mol. The first kappa shape index (κ1) is 12.2. The number of hydrogen-bond acceptors (Lipinski definition) is 2. The number of rotatable bonds is 2. The van der Waals surface area contributed by atoms with Gasteiger partial charge in [0.2, 0.25) is 0 Å². The molecule has 1 heterocycles. The standard InChI is InChI=1S/C11H6Cl2F2N2/c12-10-8(11(13)17-5-16-10)4-6-3-7(14)1-2-9(6)15/h1-3,5H,4H2. The molecule has 0 spiro atoms. The molecule has 17 heavy (non-hydrogen) atoms. The summed E-state index contributed by atoms with van der Waals surface area (Å²) in [5, 5.41) is 0.266. The van der Waals surface area contributed by atoms with Crippen molar-refractivity contribution in [3.8, 4) is 0 Å². The molecule has 0 fully saturated rings. The van der Waals surface area contributed by atoms with Crippen molar-refractivity contribution in [2.75, 3.05) is 0 Å². The van der Waals surface area contributed by atoms with Gasteiger partial charge in [-0.25, -0.2) is 18.7 Å². The molecule has 0 N–H and O–H groups in total. The zero-order valence-corrected chi connectivity index (χ0v) is 9.93. The summed E-state index contributed by atoms with van der Waals surface area (Å²) in [5.74, 6) is -1.05. The van der Waals surface area contributed by atoms with Crippen LogP contribution in [-0.2, 0) is 6.42 Å². The molecule has 6 heteroatoms. The van der Waals surface area contributed by atoms with Gasteiger partial charge in [0.15, 0.2) is 0 Å². The first-order valence-electron chi connectivity index (χ1n) is 4.66. The highest BCUT2D eigenvalue weighted by molar-refractivity contribution is 6.34. The van der Waals surface area contributed by atoms with Crippen molar-refractivity contribution in [2.24, 2.45) is 0 Å². The lowest BCUT2D eigenvalue weighted by atomic mass is 10.1. The number of hydrogen-bond donors (Lipinski definition) is 0. The molecule has 2 aromatic rings. The fourth-order valence-corrected chi connectivity index (χ4v) is 1.83. The SMILES string of the molecule is Fc1ccc(F)c(Cc2c(Cl)ncnc2Cl)c1. The summed E-state index contributed by atoms with van der Waals surface area (Å²) < 4.78 is 26.4. The fourth-order valence-electron chi connectivity index (χ4n) is 1.39. The van der Waals surface area contributed by atoms with E-state index < -0.39 is 11.6 Å². The Bertz CT molecular complexity index is 541. The van der Waals surface area contributed by atoms with Crippen molar-refractivity contribution < 1.29 is 8.78 Å². The normalized spacial score (nSPS) is 10.6. The molecule has 0 saturated heterocycles. The van der Waals surface area contributed by atoms with Crippen LogP contribution in [0.5, 0.6) is 0 Å². The van der Waals surface area contributed by atoms with Gasteiger partial charge in [0.05, 0.1) is 0 Å². The summed E-state index contributed by atoms with van der Waals surface area (Å²) in [4.78, 5) is 7.48. The molecule has 0 unspecified atom stereocenters. The Morgan fingerprint density at radius 2 is 1.71 bits per heavy atom. The van der Waals surface area contributed by atoms with Crippen molar-refractivity contribution in [3.63, 3.8) is 0 Å². The van der Waals surface area contributed by atoms with E-state index in [1.165, 1.54) is 6.33 Å². The van der Waals surface area contributed by atoms with E-state index in [4.69, 9.17) is 23.2 Å². The van der Waals surface area contributed by atoms with Gasteiger partial charge in [0.25, 0.3) is 0 Å². The number of aromatic nitrogens is 2. The molecule has 0 aliphatic rings. The maximum Gasteiger partial charge on any atom is 0.137 e. The summed E-state index contributed by atoms with van der Waals surface area (Å²) in [5.41, 5.74) is 0.531. The molecule has 0 radical (unpaired) electrons. The predicted octanol–water partition coefficient (Wildman–Crippen LogP) is 3.65. The van der Waals surface area contributed by atoms with Crippen molar-refractivity contribution in [1.82, 2.24) is 9.97 Å². The largest absolute Gasteiger partial charge is 0.224 e. The van der Waals surface area contributed by atoms with Gasteiger partial charge in [-0.05, 0) is 23.8 Å². The van der Waals surface area contributed by atoms with Crippen molar-refractivity contribution >= 4 is 23.2 Å². The lowest BCUT2D eigenvalue weighted by molar-refractivity contribution is 0.588. The first-order valence-corrected chi connectivity index (χ1v) is 5.42. The van der Waals surface area contributed by atoms with Crippen LogP contribution < -0.4 is 0 Å². The van der Waals surface area contributed by atoms with Gasteiger partial charge in [-0.15, -0.1) is 0 Å². The Balaban J connectivity index is 2.41. The van der Waals surface area contributed by atoms with Gasteiger partial charge in [0, 0.05) is 12.0 Å². The van der Waals surface area contributed by atoms with Crippen LogP contribution in [0.25, 0.3) is 0 Å². The van der Waals surface area contributed by atoms with E-state index >= 15 is 0 Å². The average Bonchev–Trinajstić information content (AvgIpc) is 2.28. The van der Waals surface area contributed by atoms with Gasteiger partial charge < -0.3 is 0 Å². The second-order valence-electron chi connectivity index (χ2n) is 3.35. The molecule has 0 aliphatic carbocycles. The van der Waals surface area contributed by atoms with Gasteiger partial charge in [-0.3, -0.25) is 0 Å². The lowest BCUT2D eigenvalue weighted by Crippen LogP contribution is -1.98. The van der Waals surface area contributed by atoms with Gasteiger partial charge in [-0.1, -0.05) is 23.2 Å². The molecule has 2 rings (SSSR count). The molecule has 0 bridgehead atoms. The zero-order valence-electron chi connectivity index (χ0n) is 8.42. The van der Waals surface area contributed by atoms with Crippen molar-refractivity contribution in [3.05, 3.63) is 57.6 Å². The third kappa shape index (κ3) is 2.70. The molecule has 1 aromatic carbocycles. The molecule has 2 nitrogen and oxygen atoms in total. The van der Waals surface area contributed by atoms with Crippen LogP contribution >= 0.6 is 23.2 Å². The molecule has 0 saturated carbocycles. The maximum atomic E-state index is 13.4. The zero-order chi connectivity index (χ0) is 12.4. The van der Waals surface area contributed by atoms with E-state index in [1.54, 1.807) is 0 Å². The lowest BCUT2D eigenvalue weighted by Gasteiger charge is -2.06. The quantitative estimate of drug-likeness (QED) is 0.782. The van der Waals surface area contributed by atoms with Gasteiger partial charge in [-0.2, -0.15) is 0 Å². The van der Waals surface area contributed by atoms with E-state index in [0.29, 0.717) is 5.56 Å². The summed E-state index contributed by atoms with van der Waals surface area (Å²) in [7, 11) is 0. The smallest absolute Gasteiger partial charge is 0.137 e. The molecule has 0 atom stereocenters. The third-order valence-corrected chi connectivity index (χ3v) is 2.87. The highest BCUT2D eigenvalue weighted by Gasteiger charge is 2.12. The minimum atomic E-state index is -0.526. The Hall–Kier alpha value is -1.26. The molecule has 88 valence electrons.